The van der Waals surface area contributed by atoms with Crippen LogP contribution in [0.15, 0.2) is 24.5 Å². The van der Waals surface area contributed by atoms with Crippen molar-refractivity contribution in [2.24, 2.45) is 7.05 Å². The summed E-state index contributed by atoms with van der Waals surface area (Å²) in [6.45, 7) is 3.85. The minimum absolute atomic E-state index is 0.103. The zero-order chi connectivity index (χ0) is 20.1. The van der Waals surface area contributed by atoms with Crippen molar-refractivity contribution in [3.05, 3.63) is 46.4 Å². The Morgan fingerprint density at radius 1 is 1.21 bits per heavy atom. The standard InChI is InChI=1S/C21H23ClN6O/c1-13(29)27-9-7-18-17(12-27)21(25-24-18)28-8-3-4-16-19(28)6-5-15(20(16)22)14-10-23-26(2)11-14/h5-6,10-11H,3-4,7-9,12H2,1-2H3,(H,24,25). The maximum absolute atomic E-state index is 11.9. The molecule has 0 saturated carbocycles. The van der Waals surface area contributed by atoms with E-state index in [1.807, 2.05) is 24.3 Å². The number of carbonyl (C=O) groups is 1. The largest absolute Gasteiger partial charge is 0.338 e. The lowest BCUT2D eigenvalue weighted by molar-refractivity contribution is -0.129. The highest BCUT2D eigenvalue weighted by Crippen LogP contribution is 2.42. The number of anilines is 2. The van der Waals surface area contributed by atoms with E-state index in [1.165, 1.54) is 0 Å². The van der Waals surface area contributed by atoms with Crippen molar-refractivity contribution in [3.63, 3.8) is 0 Å². The fourth-order valence-electron chi connectivity index (χ4n) is 4.41. The minimum Gasteiger partial charge on any atom is -0.338 e. The second-order valence-corrected chi connectivity index (χ2v) is 8.16. The first kappa shape index (κ1) is 18.2. The quantitative estimate of drug-likeness (QED) is 0.702. The molecule has 2 aromatic heterocycles. The Kier molecular flexibility index (Phi) is 4.35. The molecule has 3 aromatic rings. The Hall–Kier alpha value is -2.80. The van der Waals surface area contributed by atoms with Gasteiger partial charge in [-0.05, 0) is 24.5 Å². The van der Waals surface area contributed by atoms with E-state index in [0.29, 0.717) is 6.54 Å². The molecule has 0 saturated heterocycles. The van der Waals surface area contributed by atoms with E-state index in [-0.39, 0.29) is 5.91 Å². The predicted molar refractivity (Wildman–Crippen MR) is 112 cm³/mol. The number of nitrogens with zero attached hydrogens (tertiary/aromatic N) is 5. The number of H-pyrrole nitrogens is 1. The SMILES string of the molecule is CC(=O)N1CCc2[nH]nc(N3CCCc4c3ccc(-c3cnn(C)c3)c4Cl)c2C1. The highest BCUT2D eigenvalue weighted by atomic mass is 35.5. The van der Waals surface area contributed by atoms with Crippen molar-refractivity contribution < 1.29 is 4.79 Å². The van der Waals surface area contributed by atoms with Gasteiger partial charge in [0.05, 0.1) is 17.8 Å². The Labute approximate surface area is 174 Å². The Morgan fingerprint density at radius 2 is 2.07 bits per heavy atom. The summed E-state index contributed by atoms with van der Waals surface area (Å²) in [4.78, 5) is 16.0. The van der Waals surface area contributed by atoms with E-state index < -0.39 is 0 Å². The van der Waals surface area contributed by atoms with E-state index in [9.17, 15) is 4.79 Å². The second-order valence-electron chi connectivity index (χ2n) is 7.78. The molecule has 2 aliphatic rings. The fourth-order valence-corrected chi connectivity index (χ4v) is 4.77. The van der Waals surface area contributed by atoms with Crippen molar-refractivity contribution in [1.29, 1.82) is 0 Å². The van der Waals surface area contributed by atoms with Crippen LogP contribution in [0, 0.1) is 0 Å². The molecule has 0 spiro atoms. The number of hydrogen-bond acceptors (Lipinski definition) is 4. The lowest BCUT2D eigenvalue weighted by Gasteiger charge is -2.33. The number of carbonyl (C=O) groups excluding carboxylic acids is 1. The molecule has 29 heavy (non-hydrogen) atoms. The molecule has 0 fully saturated rings. The monoisotopic (exact) mass is 410 g/mol. The molecule has 0 unspecified atom stereocenters. The van der Waals surface area contributed by atoms with Crippen LogP contribution in [0.1, 0.15) is 30.2 Å². The van der Waals surface area contributed by atoms with Gasteiger partial charge in [0.2, 0.25) is 5.91 Å². The van der Waals surface area contributed by atoms with Gasteiger partial charge in [0.15, 0.2) is 5.82 Å². The van der Waals surface area contributed by atoms with Crippen molar-refractivity contribution in [3.8, 4) is 11.1 Å². The minimum atomic E-state index is 0.103. The average molecular weight is 411 g/mol. The molecule has 1 N–H and O–H groups in total. The van der Waals surface area contributed by atoms with Crippen molar-refractivity contribution in [1.82, 2.24) is 24.9 Å². The number of hydrogen-bond donors (Lipinski definition) is 1. The first-order valence-corrected chi connectivity index (χ1v) is 10.3. The molecule has 0 aliphatic carbocycles. The normalized spacial score (nSPS) is 16.0. The topological polar surface area (TPSA) is 70.1 Å². The van der Waals surface area contributed by atoms with Gasteiger partial charge < -0.3 is 9.80 Å². The molecule has 0 radical (unpaired) electrons. The number of fused-ring (bicyclic) bond motifs is 2. The molecule has 4 heterocycles. The maximum atomic E-state index is 11.9. The van der Waals surface area contributed by atoms with Crippen LogP contribution in [0.3, 0.4) is 0 Å². The molecule has 7 nitrogen and oxygen atoms in total. The van der Waals surface area contributed by atoms with Crippen LogP contribution in [0.25, 0.3) is 11.1 Å². The molecule has 1 amide bonds. The average Bonchev–Trinajstić information content (AvgIpc) is 3.33. The third-order valence-electron chi connectivity index (χ3n) is 5.95. The molecule has 5 rings (SSSR count). The lowest BCUT2D eigenvalue weighted by atomic mass is 9.96. The van der Waals surface area contributed by atoms with Gasteiger partial charge in [-0.15, -0.1) is 0 Å². The van der Waals surface area contributed by atoms with Gasteiger partial charge in [-0.3, -0.25) is 14.6 Å². The number of aryl methyl sites for hydroxylation is 1. The molecule has 8 heteroatoms. The van der Waals surface area contributed by atoms with E-state index in [2.05, 4.69) is 32.3 Å². The van der Waals surface area contributed by atoms with Gasteiger partial charge in [-0.25, -0.2) is 0 Å². The fraction of sp³-hybridized carbons (Fsp3) is 0.381. The highest BCUT2D eigenvalue weighted by molar-refractivity contribution is 6.34. The smallest absolute Gasteiger partial charge is 0.219 e. The first-order chi connectivity index (χ1) is 14.0. The van der Waals surface area contributed by atoms with Crippen LogP contribution in [0.2, 0.25) is 5.02 Å². The lowest BCUT2D eigenvalue weighted by Crippen LogP contribution is -2.35. The van der Waals surface area contributed by atoms with Crippen LogP contribution < -0.4 is 4.90 Å². The molecule has 0 bridgehead atoms. The van der Waals surface area contributed by atoms with Gasteiger partial charge in [-0.1, -0.05) is 17.7 Å². The number of benzene rings is 1. The maximum Gasteiger partial charge on any atom is 0.219 e. The summed E-state index contributed by atoms with van der Waals surface area (Å²) in [7, 11) is 1.91. The van der Waals surface area contributed by atoms with Gasteiger partial charge in [0, 0.05) is 67.8 Å². The van der Waals surface area contributed by atoms with Gasteiger partial charge in [0.25, 0.3) is 0 Å². The molecular weight excluding hydrogens is 388 g/mol. The van der Waals surface area contributed by atoms with Crippen LogP contribution >= 0.6 is 11.6 Å². The number of halogens is 1. The first-order valence-electron chi connectivity index (χ1n) is 9.92. The summed E-state index contributed by atoms with van der Waals surface area (Å²) >= 11 is 6.86. The zero-order valence-corrected chi connectivity index (χ0v) is 17.3. The second kappa shape index (κ2) is 6.91. The van der Waals surface area contributed by atoms with E-state index in [0.717, 1.165) is 76.8 Å². The third kappa shape index (κ3) is 3.00. The van der Waals surface area contributed by atoms with E-state index in [1.54, 1.807) is 11.6 Å². The molecular formula is C21H23ClN6O. The van der Waals surface area contributed by atoms with Crippen LogP contribution in [-0.2, 0) is 31.2 Å². The Balaban J connectivity index is 1.55. The van der Waals surface area contributed by atoms with Gasteiger partial charge >= 0.3 is 0 Å². The van der Waals surface area contributed by atoms with Crippen LogP contribution in [0.4, 0.5) is 11.5 Å². The number of rotatable bonds is 2. The predicted octanol–water partition coefficient (Wildman–Crippen LogP) is 3.45. The molecule has 0 atom stereocenters. The number of aromatic nitrogens is 4. The Bertz CT molecular complexity index is 1100. The van der Waals surface area contributed by atoms with Crippen molar-refractivity contribution >= 4 is 29.0 Å². The van der Waals surface area contributed by atoms with Gasteiger partial charge in [-0.2, -0.15) is 10.2 Å². The molecule has 2 aliphatic heterocycles. The number of amides is 1. The van der Waals surface area contributed by atoms with E-state index in [4.69, 9.17) is 11.6 Å². The zero-order valence-electron chi connectivity index (χ0n) is 16.6. The van der Waals surface area contributed by atoms with E-state index >= 15 is 0 Å². The molecule has 1 aromatic carbocycles. The third-order valence-corrected chi connectivity index (χ3v) is 6.38. The summed E-state index contributed by atoms with van der Waals surface area (Å²) < 4.78 is 1.79. The number of nitrogens with one attached hydrogen (secondary N) is 1. The summed E-state index contributed by atoms with van der Waals surface area (Å²) in [6.07, 6.45) is 6.57. The van der Waals surface area contributed by atoms with Crippen LogP contribution in [-0.4, -0.2) is 43.9 Å². The van der Waals surface area contributed by atoms with Crippen molar-refractivity contribution in [2.45, 2.75) is 32.7 Å². The summed E-state index contributed by atoms with van der Waals surface area (Å²) in [5.74, 6) is 1.02. The summed E-state index contributed by atoms with van der Waals surface area (Å²) in [5, 5.41) is 12.9. The summed E-state index contributed by atoms with van der Waals surface area (Å²) in [5.41, 5.74) is 6.52. The number of aromatic amines is 1. The van der Waals surface area contributed by atoms with Crippen LogP contribution in [0.5, 0.6) is 0 Å². The summed E-state index contributed by atoms with van der Waals surface area (Å²) in [6, 6.07) is 4.20. The highest BCUT2D eigenvalue weighted by Gasteiger charge is 2.30. The Morgan fingerprint density at radius 3 is 2.83 bits per heavy atom. The van der Waals surface area contributed by atoms with Gasteiger partial charge in [0.1, 0.15) is 0 Å². The van der Waals surface area contributed by atoms with Crippen molar-refractivity contribution in [2.75, 3.05) is 18.0 Å². The molecule has 150 valence electrons.